The highest BCUT2D eigenvalue weighted by Gasteiger charge is 2.30. The first kappa shape index (κ1) is 33.1. The molecule has 0 saturated heterocycles. The van der Waals surface area contributed by atoms with Crippen molar-refractivity contribution in [2.24, 2.45) is 0 Å². The molecule has 0 aliphatic carbocycles. The summed E-state index contributed by atoms with van der Waals surface area (Å²) >= 11 is 0. The van der Waals surface area contributed by atoms with Gasteiger partial charge in [-0.2, -0.15) is 18.2 Å². The fourth-order valence-electron chi connectivity index (χ4n) is 4.62. The maximum atomic E-state index is 13.1. The lowest BCUT2D eigenvalue weighted by Crippen LogP contribution is -2.36. The summed E-state index contributed by atoms with van der Waals surface area (Å²) in [5.41, 5.74) is 0.620. The van der Waals surface area contributed by atoms with E-state index in [1.165, 1.54) is 62.0 Å². The predicted molar refractivity (Wildman–Crippen MR) is 158 cm³/mol. The average molecular weight is 588 g/mol. The van der Waals surface area contributed by atoms with Gasteiger partial charge in [-0.05, 0) is 62.6 Å². The third kappa shape index (κ3) is 11.5. The number of hydrogen-bond donors (Lipinski definition) is 0. The third-order valence-electron chi connectivity index (χ3n) is 6.83. The van der Waals surface area contributed by atoms with E-state index in [0.29, 0.717) is 17.3 Å². The molecule has 2 aromatic carbocycles. The molecule has 0 bridgehead atoms. The van der Waals surface area contributed by atoms with Gasteiger partial charge in [0.25, 0.3) is 5.89 Å². The van der Waals surface area contributed by atoms with Crippen molar-refractivity contribution in [2.75, 3.05) is 0 Å². The quantitative estimate of drug-likeness (QED) is 0.166. The second-order valence-electron chi connectivity index (χ2n) is 11.8. The van der Waals surface area contributed by atoms with Crippen LogP contribution >= 0.6 is 0 Å². The molecule has 0 unspecified atom stereocenters. The second-order valence-corrected chi connectivity index (χ2v) is 11.8. The smallest absolute Gasteiger partial charge is 0.416 e. The maximum Gasteiger partial charge on any atom is 0.416 e. The van der Waals surface area contributed by atoms with E-state index in [-0.39, 0.29) is 13.1 Å². The molecular weight excluding hydrogens is 543 g/mol. The van der Waals surface area contributed by atoms with E-state index < -0.39 is 23.4 Å². The topological polar surface area (TPSA) is 68.5 Å². The van der Waals surface area contributed by atoms with Crippen LogP contribution < -0.4 is 0 Å². The van der Waals surface area contributed by atoms with Crippen LogP contribution in [0.5, 0.6) is 0 Å². The molecule has 230 valence electrons. The van der Waals surface area contributed by atoms with Gasteiger partial charge in [-0.25, -0.2) is 4.79 Å². The summed E-state index contributed by atoms with van der Waals surface area (Å²) in [7, 11) is 0. The van der Waals surface area contributed by atoms with Crippen LogP contribution in [0.4, 0.5) is 18.0 Å². The summed E-state index contributed by atoms with van der Waals surface area (Å²) in [5.74, 6) is 1.09. The number of aromatic nitrogens is 2. The molecule has 3 aromatic rings. The molecule has 0 fully saturated rings. The first-order valence-corrected chi connectivity index (χ1v) is 15.0. The highest BCUT2D eigenvalue weighted by molar-refractivity contribution is 5.68. The average Bonchev–Trinajstić information content (AvgIpc) is 3.40. The van der Waals surface area contributed by atoms with Gasteiger partial charge >= 0.3 is 12.3 Å². The predicted octanol–water partition coefficient (Wildman–Crippen LogP) is 9.77. The fourth-order valence-corrected chi connectivity index (χ4v) is 4.62. The molecule has 0 aliphatic heterocycles. The van der Waals surface area contributed by atoms with E-state index in [9.17, 15) is 18.0 Å². The number of halogens is 3. The van der Waals surface area contributed by atoms with Crippen molar-refractivity contribution in [1.29, 1.82) is 0 Å². The van der Waals surface area contributed by atoms with Crippen LogP contribution in [0.25, 0.3) is 11.5 Å². The molecule has 0 saturated carbocycles. The van der Waals surface area contributed by atoms with Crippen LogP contribution in [0.1, 0.15) is 108 Å². The van der Waals surface area contributed by atoms with Crippen molar-refractivity contribution in [1.82, 2.24) is 15.0 Å². The van der Waals surface area contributed by atoms with Crippen molar-refractivity contribution in [3.05, 3.63) is 71.0 Å². The van der Waals surface area contributed by atoms with Gasteiger partial charge in [-0.15, -0.1) is 0 Å². The Balaban J connectivity index is 1.61. The number of amides is 1. The number of carbonyl (C=O) groups excluding carboxylic acids is 1. The van der Waals surface area contributed by atoms with Crippen molar-refractivity contribution in [3.8, 4) is 11.5 Å². The number of alkyl halides is 3. The molecule has 0 N–H and O–H groups in total. The van der Waals surface area contributed by atoms with E-state index in [1.807, 2.05) is 24.3 Å². The zero-order valence-electron chi connectivity index (χ0n) is 25.3. The van der Waals surface area contributed by atoms with E-state index in [0.717, 1.165) is 42.5 Å². The summed E-state index contributed by atoms with van der Waals surface area (Å²) < 4.78 is 50.2. The number of benzene rings is 2. The molecule has 3 rings (SSSR count). The Morgan fingerprint density at radius 2 is 1.48 bits per heavy atom. The van der Waals surface area contributed by atoms with Gasteiger partial charge in [0.15, 0.2) is 5.82 Å². The summed E-state index contributed by atoms with van der Waals surface area (Å²) in [6, 6.07) is 12.3. The lowest BCUT2D eigenvalue weighted by molar-refractivity contribution is -0.137. The fraction of sp³-hybridized carbons (Fsp3) is 0.545. The molecule has 0 spiro atoms. The van der Waals surface area contributed by atoms with Gasteiger partial charge in [-0.3, -0.25) is 4.90 Å². The van der Waals surface area contributed by atoms with Gasteiger partial charge in [0.05, 0.1) is 5.56 Å². The molecule has 0 radical (unpaired) electrons. The molecule has 1 heterocycles. The number of ether oxygens (including phenoxy) is 1. The van der Waals surface area contributed by atoms with Crippen LogP contribution in [0.2, 0.25) is 0 Å². The summed E-state index contributed by atoms with van der Waals surface area (Å²) in [6.45, 7) is 7.80. The minimum atomic E-state index is -4.42. The summed E-state index contributed by atoms with van der Waals surface area (Å²) in [4.78, 5) is 19.1. The highest BCUT2D eigenvalue weighted by Crippen LogP contribution is 2.29. The monoisotopic (exact) mass is 587 g/mol. The van der Waals surface area contributed by atoms with Crippen molar-refractivity contribution >= 4 is 6.09 Å². The van der Waals surface area contributed by atoms with E-state index >= 15 is 0 Å². The van der Waals surface area contributed by atoms with Crippen molar-refractivity contribution in [2.45, 2.75) is 117 Å². The lowest BCUT2D eigenvalue weighted by atomic mass is 10.1. The molecule has 42 heavy (non-hydrogen) atoms. The highest BCUT2D eigenvalue weighted by atomic mass is 19.4. The Hall–Kier alpha value is -3.36. The van der Waals surface area contributed by atoms with Gasteiger partial charge in [0.1, 0.15) is 5.60 Å². The van der Waals surface area contributed by atoms with E-state index in [2.05, 4.69) is 17.1 Å². The zero-order chi connectivity index (χ0) is 30.6. The lowest BCUT2D eigenvalue weighted by Gasteiger charge is -2.28. The standard InChI is InChI=1S/C33H44F3N3O3/c1-5-6-7-8-9-10-11-12-13-17-29-37-30(42-38-29)27-16-14-15-26(22-27)24-39(31(40)41-32(2,3)4)23-25-18-20-28(21-19-25)33(34,35)36/h14-16,18-22H,5-13,17,23-24H2,1-4H3. The number of aryl methyl sites for hydroxylation is 1. The molecule has 6 nitrogen and oxygen atoms in total. The largest absolute Gasteiger partial charge is 0.444 e. The third-order valence-corrected chi connectivity index (χ3v) is 6.83. The molecule has 0 aliphatic rings. The van der Waals surface area contributed by atoms with Crippen LogP contribution in [0.3, 0.4) is 0 Å². The molecule has 1 aromatic heterocycles. The summed E-state index contributed by atoms with van der Waals surface area (Å²) in [5, 5.41) is 4.15. The Morgan fingerprint density at radius 3 is 2.10 bits per heavy atom. The molecule has 1 amide bonds. The first-order chi connectivity index (χ1) is 19.9. The Labute approximate surface area is 247 Å². The Kier molecular flexibility index (Phi) is 12.4. The minimum absolute atomic E-state index is 0.0841. The maximum absolute atomic E-state index is 13.1. The molecular formula is C33H44F3N3O3. The number of rotatable bonds is 15. The van der Waals surface area contributed by atoms with Gasteiger partial charge in [0, 0.05) is 25.1 Å². The summed E-state index contributed by atoms with van der Waals surface area (Å²) in [6.07, 6.45) is 6.99. The first-order valence-electron chi connectivity index (χ1n) is 15.0. The van der Waals surface area contributed by atoms with Crippen LogP contribution in [-0.4, -0.2) is 26.7 Å². The van der Waals surface area contributed by atoms with Gasteiger partial charge in [0.2, 0.25) is 0 Å². The van der Waals surface area contributed by atoms with Crippen LogP contribution in [-0.2, 0) is 30.4 Å². The van der Waals surface area contributed by atoms with Crippen LogP contribution in [0.15, 0.2) is 53.1 Å². The number of nitrogens with zero attached hydrogens (tertiary/aromatic N) is 3. The normalized spacial score (nSPS) is 12.0. The Bertz CT molecular complexity index is 1230. The van der Waals surface area contributed by atoms with Crippen LogP contribution in [0, 0.1) is 0 Å². The second kappa shape index (κ2) is 15.8. The SMILES string of the molecule is CCCCCCCCCCCc1noc(-c2cccc(CN(Cc3ccc(C(F)(F)F)cc3)C(=O)OC(C)(C)C)c2)n1. The van der Waals surface area contributed by atoms with Crippen molar-refractivity contribution < 1.29 is 27.2 Å². The number of carbonyl (C=O) groups is 1. The molecule has 0 atom stereocenters. The van der Waals surface area contributed by atoms with E-state index in [4.69, 9.17) is 9.26 Å². The zero-order valence-corrected chi connectivity index (χ0v) is 25.3. The Morgan fingerprint density at radius 1 is 0.857 bits per heavy atom. The number of unbranched alkanes of at least 4 members (excludes halogenated alkanes) is 8. The van der Waals surface area contributed by atoms with Gasteiger partial charge in [-0.1, -0.05) is 87.7 Å². The van der Waals surface area contributed by atoms with Crippen molar-refractivity contribution in [3.63, 3.8) is 0 Å². The van der Waals surface area contributed by atoms with Gasteiger partial charge < -0.3 is 9.26 Å². The molecule has 9 heteroatoms. The number of hydrogen-bond acceptors (Lipinski definition) is 5. The minimum Gasteiger partial charge on any atom is -0.444 e. The van der Waals surface area contributed by atoms with E-state index in [1.54, 1.807) is 20.8 Å².